The third-order valence-electron chi connectivity index (χ3n) is 3.03. The van der Waals surface area contributed by atoms with Crippen LogP contribution in [-0.2, 0) is 19.9 Å². The van der Waals surface area contributed by atoms with E-state index < -0.39 is 19.9 Å². The molecule has 2 aromatic rings. The molecule has 0 amide bonds. The van der Waals surface area contributed by atoms with Gasteiger partial charge in [0.2, 0.25) is 10.0 Å². The van der Waals surface area contributed by atoms with E-state index in [-0.39, 0.29) is 9.79 Å². The molecule has 1 N–H and O–H groups in total. The Balaban J connectivity index is 2.46. The van der Waals surface area contributed by atoms with Gasteiger partial charge < -0.3 is 0 Å². The third kappa shape index (κ3) is 3.49. The maximum absolute atomic E-state index is 11.8. The molecule has 2 aromatic carbocycles. The quantitative estimate of drug-likeness (QED) is 0.927. The summed E-state index contributed by atoms with van der Waals surface area (Å²) in [4.78, 5) is 0.389. The second kappa shape index (κ2) is 5.59. The standard InChI is InChI=1S/C14H15NO4S2/c1-15-21(18,19)14-5-3-4-12(10-14)11-6-8-13(9-7-11)20(2,16)17/h3-10,15H,1-2H3. The highest BCUT2D eigenvalue weighted by molar-refractivity contribution is 7.90. The minimum absolute atomic E-state index is 0.162. The van der Waals surface area contributed by atoms with Crippen molar-refractivity contribution in [2.45, 2.75) is 9.79 Å². The van der Waals surface area contributed by atoms with E-state index >= 15 is 0 Å². The lowest BCUT2D eigenvalue weighted by Crippen LogP contribution is -2.18. The zero-order valence-corrected chi connectivity index (χ0v) is 13.2. The Labute approximate surface area is 124 Å². The summed E-state index contributed by atoms with van der Waals surface area (Å²) < 4.78 is 48.7. The summed E-state index contributed by atoms with van der Waals surface area (Å²) in [6.07, 6.45) is 1.14. The fourth-order valence-corrected chi connectivity index (χ4v) is 3.26. The molecule has 0 atom stereocenters. The van der Waals surface area contributed by atoms with Gasteiger partial charge in [-0.1, -0.05) is 24.3 Å². The molecule has 0 aliphatic heterocycles. The lowest BCUT2D eigenvalue weighted by atomic mass is 10.1. The van der Waals surface area contributed by atoms with Crippen LogP contribution in [0.4, 0.5) is 0 Å². The second-order valence-corrected chi connectivity index (χ2v) is 8.43. The molecule has 0 fully saturated rings. The van der Waals surface area contributed by atoms with E-state index in [1.807, 2.05) is 0 Å². The number of hydrogen-bond donors (Lipinski definition) is 1. The molecule has 112 valence electrons. The summed E-state index contributed by atoms with van der Waals surface area (Å²) in [6, 6.07) is 12.8. The number of hydrogen-bond acceptors (Lipinski definition) is 4. The fourth-order valence-electron chi connectivity index (χ4n) is 1.86. The van der Waals surface area contributed by atoms with Crippen LogP contribution in [0.25, 0.3) is 11.1 Å². The zero-order chi connectivity index (χ0) is 15.7. The van der Waals surface area contributed by atoms with E-state index in [0.717, 1.165) is 11.8 Å². The fraction of sp³-hybridized carbons (Fsp3) is 0.143. The Morgan fingerprint density at radius 1 is 0.810 bits per heavy atom. The average molecular weight is 325 g/mol. The molecule has 0 radical (unpaired) electrons. The summed E-state index contributed by atoms with van der Waals surface area (Å²) in [7, 11) is -5.40. The van der Waals surface area contributed by atoms with Gasteiger partial charge in [0.1, 0.15) is 0 Å². The van der Waals surface area contributed by atoms with Gasteiger partial charge in [0, 0.05) is 6.26 Å². The van der Waals surface area contributed by atoms with Crippen LogP contribution in [0.1, 0.15) is 0 Å². The van der Waals surface area contributed by atoms with Gasteiger partial charge in [0.15, 0.2) is 9.84 Å². The molecule has 0 saturated carbocycles. The van der Waals surface area contributed by atoms with Crippen molar-refractivity contribution < 1.29 is 16.8 Å². The summed E-state index contributed by atoms with van der Waals surface area (Å²) in [5.74, 6) is 0. The molecule has 0 saturated heterocycles. The first-order valence-corrected chi connectivity index (χ1v) is 9.45. The average Bonchev–Trinajstić information content (AvgIpc) is 2.46. The van der Waals surface area contributed by atoms with Crippen molar-refractivity contribution in [2.75, 3.05) is 13.3 Å². The molecule has 2 rings (SSSR count). The Bertz CT molecular complexity index is 854. The van der Waals surface area contributed by atoms with Gasteiger partial charge in [-0.25, -0.2) is 21.6 Å². The normalized spacial score (nSPS) is 12.3. The molecule has 21 heavy (non-hydrogen) atoms. The highest BCUT2D eigenvalue weighted by atomic mass is 32.2. The van der Waals surface area contributed by atoms with Crippen LogP contribution in [0.3, 0.4) is 0 Å². The van der Waals surface area contributed by atoms with Crippen LogP contribution in [0.2, 0.25) is 0 Å². The van der Waals surface area contributed by atoms with Crippen LogP contribution in [-0.4, -0.2) is 30.1 Å². The smallest absolute Gasteiger partial charge is 0.224 e. The highest BCUT2D eigenvalue weighted by Crippen LogP contribution is 2.23. The molecule has 0 heterocycles. The number of rotatable bonds is 4. The first-order chi connectivity index (χ1) is 9.74. The minimum Gasteiger partial charge on any atom is -0.224 e. The SMILES string of the molecule is CNS(=O)(=O)c1cccc(-c2ccc(S(C)(=O)=O)cc2)c1. The minimum atomic E-state index is -3.51. The molecule has 0 bridgehead atoms. The summed E-state index contributed by atoms with van der Waals surface area (Å²) >= 11 is 0. The van der Waals surface area contributed by atoms with Crippen LogP contribution in [0, 0.1) is 0 Å². The lowest BCUT2D eigenvalue weighted by molar-refractivity contribution is 0.588. The Morgan fingerprint density at radius 2 is 1.43 bits per heavy atom. The number of nitrogens with one attached hydrogen (secondary N) is 1. The van der Waals surface area contributed by atoms with Crippen LogP contribution in [0.5, 0.6) is 0 Å². The summed E-state index contributed by atoms with van der Waals surface area (Å²) in [5, 5.41) is 0. The topological polar surface area (TPSA) is 80.3 Å². The molecular weight excluding hydrogens is 310 g/mol. The first kappa shape index (κ1) is 15.7. The van der Waals surface area contributed by atoms with Gasteiger partial charge in [-0.15, -0.1) is 0 Å². The van der Waals surface area contributed by atoms with Gasteiger partial charge in [0.05, 0.1) is 9.79 Å². The van der Waals surface area contributed by atoms with Crippen molar-refractivity contribution in [3.8, 4) is 11.1 Å². The number of benzene rings is 2. The van der Waals surface area contributed by atoms with E-state index in [1.165, 1.54) is 25.2 Å². The van der Waals surface area contributed by atoms with Crippen LogP contribution >= 0.6 is 0 Å². The van der Waals surface area contributed by atoms with Crippen molar-refractivity contribution in [3.63, 3.8) is 0 Å². The van der Waals surface area contributed by atoms with Crippen LogP contribution in [0.15, 0.2) is 58.3 Å². The number of sulfone groups is 1. The third-order valence-corrected chi connectivity index (χ3v) is 5.57. The van der Waals surface area contributed by atoms with Gasteiger partial charge in [-0.2, -0.15) is 0 Å². The molecule has 0 aliphatic carbocycles. The molecule has 0 aliphatic rings. The van der Waals surface area contributed by atoms with Gasteiger partial charge in [0.25, 0.3) is 0 Å². The zero-order valence-electron chi connectivity index (χ0n) is 11.6. The monoisotopic (exact) mass is 325 g/mol. The molecule has 0 unspecified atom stereocenters. The van der Waals surface area contributed by atoms with Crippen molar-refractivity contribution >= 4 is 19.9 Å². The first-order valence-electron chi connectivity index (χ1n) is 6.08. The Kier molecular flexibility index (Phi) is 4.18. The Hall–Kier alpha value is -1.70. The predicted octanol–water partition coefficient (Wildman–Crippen LogP) is 1.67. The lowest BCUT2D eigenvalue weighted by Gasteiger charge is -2.07. The van der Waals surface area contributed by atoms with E-state index in [4.69, 9.17) is 0 Å². The van der Waals surface area contributed by atoms with Crippen molar-refractivity contribution in [1.82, 2.24) is 4.72 Å². The molecular formula is C14H15NO4S2. The van der Waals surface area contributed by atoms with Crippen molar-refractivity contribution in [2.24, 2.45) is 0 Å². The van der Waals surface area contributed by atoms with Gasteiger partial charge in [-0.3, -0.25) is 0 Å². The maximum Gasteiger partial charge on any atom is 0.240 e. The van der Waals surface area contributed by atoms with Gasteiger partial charge in [-0.05, 0) is 42.4 Å². The summed E-state index contributed by atoms with van der Waals surface area (Å²) in [5.41, 5.74) is 1.45. The highest BCUT2D eigenvalue weighted by Gasteiger charge is 2.12. The molecule has 5 nitrogen and oxygen atoms in total. The van der Waals surface area contributed by atoms with E-state index in [0.29, 0.717) is 5.56 Å². The maximum atomic E-state index is 11.8. The summed E-state index contributed by atoms with van der Waals surface area (Å²) in [6.45, 7) is 0. The van der Waals surface area contributed by atoms with E-state index in [2.05, 4.69) is 4.72 Å². The van der Waals surface area contributed by atoms with Crippen molar-refractivity contribution in [3.05, 3.63) is 48.5 Å². The largest absolute Gasteiger partial charge is 0.240 e. The van der Waals surface area contributed by atoms with E-state index in [1.54, 1.807) is 30.3 Å². The molecule has 0 spiro atoms. The van der Waals surface area contributed by atoms with Crippen LogP contribution < -0.4 is 4.72 Å². The molecule has 7 heteroatoms. The molecule has 0 aromatic heterocycles. The predicted molar refractivity (Wildman–Crippen MR) is 81.2 cm³/mol. The number of sulfonamides is 1. The second-order valence-electron chi connectivity index (χ2n) is 4.53. The van der Waals surface area contributed by atoms with E-state index in [9.17, 15) is 16.8 Å². The van der Waals surface area contributed by atoms with Crippen molar-refractivity contribution in [1.29, 1.82) is 0 Å². The Morgan fingerprint density at radius 3 is 1.95 bits per heavy atom. The van der Waals surface area contributed by atoms with Gasteiger partial charge >= 0.3 is 0 Å².